The molecule has 2 aromatic rings. The number of nitrogens with one attached hydrogen (secondary N) is 1. The number of hydrogen-bond donors (Lipinski definition) is 4. The second-order valence-corrected chi connectivity index (χ2v) is 11.8. The van der Waals surface area contributed by atoms with Crippen LogP contribution in [0.2, 0.25) is 0 Å². The van der Waals surface area contributed by atoms with Crippen LogP contribution in [0.1, 0.15) is 24.7 Å². The van der Waals surface area contributed by atoms with Gasteiger partial charge in [0.2, 0.25) is 11.5 Å². The molecule has 2 aliphatic rings. The van der Waals surface area contributed by atoms with E-state index in [2.05, 4.69) is 30.0 Å². The van der Waals surface area contributed by atoms with E-state index in [1.807, 2.05) is 0 Å². The van der Waals surface area contributed by atoms with Gasteiger partial charge in [-0.1, -0.05) is 28.3 Å². The second-order valence-electron chi connectivity index (χ2n) is 7.62. The van der Waals surface area contributed by atoms with Crippen molar-refractivity contribution in [2.24, 2.45) is 10.9 Å². The van der Waals surface area contributed by atoms with Gasteiger partial charge in [-0.15, -0.1) is 22.0 Å². The molecule has 0 saturated carbocycles. The third kappa shape index (κ3) is 5.46. The van der Waals surface area contributed by atoms with Crippen LogP contribution in [-0.2, 0) is 25.8 Å². The maximum atomic E-state index is 13.0. The van der Waals surface area contributed by atoms with Crippen molar-refractivity contribution in [1.29, 1.82) is 0 Å². The number of nitrogens with two attached hydrogens (primary N) is 2. The molecule has 6 N–H and O–H groups in total. The van der Waals surface area contributed by atoms with Crippen LogP contribution in [-0.4, -0.2) is 82.1 Å². The molecule has 2 atom stereocenters. The fourth-order valence-electron chi connectivity index (χ4n) is 3.21. The number of fused-ring (bicyclic) bond motifs is 1. The minimum Gasteiger partial charge on any atom is -0.477 e. The molecule has 36 heavy (non-hydrogen) atoms. The Bertz CT molecular complexity index is 1240. The zero-order valence-corrected chi connectivity index (χ0v) is 22.2. The molecule has 2 aromatic heterocycles. The Morgan fingerprint density at radius 1 is 1.39 bits per heavy atom. The Hall–Kier alpha value is -2.80. The lowest BCUT2D eigenvalue weighted by atomic mass is 10.0. The molecule has 192 valence electrons. The van der Waals surface area contributed by atoms with Crippen LogP contribution in [0.25, 0.3) is 0 Å². The number of carbonyl (C=O) groups excluding carboxylic acids is 2. The topological polar surface area (TPSA) is 212 Å². The summed E-state index contributed by atoms with van der Waals surface area (Å²) in [6.45, 7) is 3.73. The zero-order chi connectivity index (χ0) is 26.0. The van der Waals surface area contributed by atoms with Gasteiger partial charge < -0.3 is 26.7 Å². The predicted octanol–water partition coefficient (Wildman–Crippen LogP) is 0.0905. The van der Waals surface area contributed by atoms with E-state index >= 15 is 0 Å². The van der Waals surface area contributed by atoms with Gasteiger partial charge in [0, 0.05) is 29.6 Å². The number of oxime groups is 1. The lowest BCUT2D eigenvalue weighted by Crippen LogP contribution is -2.71. The molecular weight excluding hydrogens is 551 g/mol. The van der Waals surface area contributed by atoms with Crippen LogP contribution in [0.3, 0.4) is 0 Å². The Morgan fingerprint density at radius 3 is 2.78 bits per heavy atom. The van der Waals surface area contributed by atoms with E-state index in [-0.39, 0.29) is 35.0 Å². The molecule has 1 unspecified atom stereocenters. The van der Waals surface area contributed by atoms with E-state index in [9.17, 15) is 19.5 Å². The van der Waals surface area contributed by atoms with Crippen LogP contribution >= 0.6 is 46.4 Å². The average Bonchev–Trinajstić information content (AvgIpc) is 3.49. The number of nitrogen functional groups attached to an aromatic ring is 1. The third-order valence-corrected chi connectivity index (χ3v) is 8.80. The number of hydrogen-bond acceptors (Lipinski definition) is 15. The Labute approximate surface area is 221 Å². The molecule has 1 fully saturated rings. The highest BCUT2D eigenvalue weighted by Gasteiger charge is 2.54. The first-order valence-corrected chi connectivity index (χ1v) is 14.0. The Morgan fingerprint density at radius 2 is 2.17 bits per heavy atom. The van der Waals surface area contributed by atoms with Crippen molar-refractivity contribution >= 4 is 75.0 Å². The van der Waals surface area contributed by atoms with Crippen molar-refractivity contribution in [3.63, 3.8) is 0 Å². The molecule has 0 bridgehead atoms. The van der Waals surface area contributed by atoms with Crippen LogP contribution in [0, 0.1) is 0 Å². The van der Waals surface area contributed by atoms with Crippen molar-refractivity contribution in [2.45, 2.75) is 42.3 Å². The first-order valence-electron chi connectivity index (χ1n) is 10.4. The summed E-state index contributed by atoms with van der Waals surface area (Å²) in [5, 5.41) is 24.5. The number of carbonyl (C=O) groups is 3. The number of β-lactam (4-membered cyclic amide) rings is 1. The first-order chi connectivity index (χ1) is 17.2. The van der Waals surface area contributed by atoms with Gasteiger partial charge in [-0.25, -0.2) is 4.79 Å². The normalized spacial score (nSPS) is 19.8. The molecule has 0 radical (unpaired) electrons. The van der Waals surface area contributed by atoms with Crippen LogP contribution in [0.5, 0.6) is 0 Å². The molecule has 0 spiro atoms. The summed E-state index contributed by atoms with van der Waals surface area (Å²) in [5.41, 5.74) is 11.4. The molecule has 2 aliphatic heterocycles. The lowest BCUT2D eigenvalue weighted by molar-refractivity contribution is -0.150. The number of amides is 2. The van der Waals surface area contributed by atoms with Crippen molar-refractivity contribution in [1.82, 2.24) is 29.8 Å². The van der Waals surface area contributed by atoms with E-state index in [4.69, 9.17) is 16.3 Å². The summed E-state index contributed by atoms with van der Waals surface area (Å²) in [5.74, 6) is -1.85. The maximum absolute atomic E-state index is 13.0. The number of carboxylic acids is 1. The van der Waals surface area contributed by atoms with Gasteiger partial charge in [0.05, 0.1) is 0 Å². The van der Waals surface area contributed by atoms with Gasteiger partial charge in [0.1, 0.15) is 28.2 Å². The number of nitrogens with zero attached hydrogens (tertiary/aromatic N) is 6. The summed E-state index contributed by atoms with van der Waals surface area (Å²) in [6, 6.07) is -0.957. The van der Waals surface area contributed by atoms with Crippen molar-refractivity contribution in [3.05, 3.63) is 22.1 Å². The number of thioether (sulfide) groups is 2. The Kier molecular flexibility index (Phi) is 8.08. The second kappa shape index (κ2) is 11.1. The van der Waals surface area contributed by atoms with Crippen molar-refractivity contribution in [2.75, 3.05) is 17.2 Å². The predicted molar refractivity (Wildman–Crippen MR) is 135 cm³/mol. The van der Waals surface area contributed by atoms with Gasteiger partial charge in [-0.05, 0) is 19.4 Å². The number of anilines is 1. The smallest absolute Gasteiger partial charge is 0.352 e. The Balaban J connectivity index is 1.48. The number of aromatic nitrogens is 4. The van der Waals surface area contributed by atoms with E-state index in [0.717, 1.165) is 11.5 Å². The summed E-state index contributed by atoms with van der Waals surface area (Å²) >= 11 is 4.90. The number of aliphatic carboxylic acids is 1. The van der Waals surface area contributed by atoms with E-state index in [0.29, 0.717) is 26.4 Å². The monoisotopic (exact) mass is 571 g/mol. The van der Waals surface area contributed by atoms with Gasteiger partial charge in [0.25, 0.3) is 11.8 Å². The van der Waals surface area contributed by atoms with Crippen LogP contribution in [0.15, 0.2) is 20.8 Å². The van der Waals surface area contributed by atoms with E-state index in [1.165, 1.54) is 39.8 Å². The minimum atomic E-state index is -1.22. The molecule has 0 aliphatic carbocycles. The summed E-state index contributed by atoms with van der Waals surface area (Å²) in [6.07, 6.45) is -0.319. The zero-order valence-electron chi connectivity index (χ0n) is 18.9. The molecule has 4 rings (SSSR count). The highest BCUT2D eigenvalue weighted by atomic mass is 32.2. The molecule has 1 saturated heterocycles. The van der Waals surface area contributed by atoms with Gasteiger partial charge in [-0.2, -0.15) is 9.36 Å². The van der Waals surface area contributed by atoms with Crippen molar-refractivity contribution < 1.29 is 24.3 Å². The SMILES string of the molecule is CC(C)ON=C(C(=O)NC1C(=O)N2C(C(=O)O)=C(CSc3nnc(CN)s3)CS[C@H]12)c1nsc(N)n1. The van der Waals surface area contributed by atoms with Gasteiger partial charge in [-0.3, -0.25) is 14.5 Å². The average molecular weight is 572 g/mol. The largest absolute Gasteiger partial charge is 0.477 e. The molecule has 18 heteroatoms. The fourth-order valence-corrected chi connectivity index (χ4v) is 6.90. The highest BCUT2D eigenvalue weighted by molar-refractivity contribution is 8.01. The molecule has 4 heterocycles. The first kappa shape index (κ1) is 26.3. The van der Waals surface area contributed by atoms with Crippen molar-refractivity contribution in [3.8, 4) is 0 Å². The maximum Gasteiger partial charge on any atom is 0.352 e. The summed E-state index contributed by atoms with van der Waals surface area (Å²) in [4.78, 5) is 48.4. The number of rotatable bonds is 10. The quantitative estimate of drug-likeness (QED) is 0.129. The minimum absolute atomic E-state index is 0.0320. The lowest BCUT2D eigenvalue weighted by Gasteiger charge is -2.49. The highest BCUT2D eigenvalue weighted by Crippen LogP contribution is 2.41. The fraction of sp³-hybridized carbons (Fsp3) is 0.444. The molecule has 2 amide bonds. The number of carboxylic acid groups (broad SMARTS) is 1. The van der Waals surface area contributed by atoms with Gasteiger partial charge >= 0.3 is 5.97 Å². The molecule has 14 nitrogen and oxygen atoms in total. The van der Waals surface area contributed by atoms with E-state index in [1.54, 1.807) is 13.8 Å². The molecular formula is C18H21N9O5S4. The van der Waals surface area contributed by atoms with Crippen LogP contribution in [0.4, 0.5) is 5.13 Å². The summed E-state index contributed by atoms with van der Waals surface area (Å²) < 4.78 is 4.65. The van der Waals surface area contributed by atoms with Gasteiger partial charge in [0.15, 0.2) is 9.47 Å². The van der Waals surface area contributed by atoms with E-state index < -0.39 is 29.2 Å². The standard InChI is InChI=1S/C18H21N9O5S4/c1-6(2)32-25-9(12-22-17(20)36-26-12)13(28)21-10-14(29)27-11(16(30)31)7(4-33-15(10)27)5-34-18-24-23-8(3-19)35-18/h6,10,15H,3-5,19H2,1-2H3,(H,21,28)(H,30,31)(H2,20,22,26)/t10?,15-/m1/s1. The third-order valence-electron chi connectivity index (χ3n) is 4.75. The molecule has 0 aromatic carbocycles. The van der Waals surface area contributed by atoms with Crippen LogP contribution < -0.4 is 16.8 Å². The summed E-state index contributed by atoms with van der Waals surface area (Å²) in [7, 11) is 0.